The molecule has 0 aliphatic carbocycles. The number of nitrogens with zero attached hydrogens (tertiary/aromatic N) is 2. The van der Waals surface area contributed by atoms with E-state index >= 15 is 0 Å². The number of rotatable bonds is 3. The average Bonchev–Trinajstić information content (AvgIpc) is 2.82. The van der Waals surface area contributed by atoms with Gasteiger partial charge in [0.1, 0.15) is 11.4 Å². The van der Waals surface area contributed by atoms with Gasteiger partial charge in [-0.1, -0.05) is 29.8 Å². The van der Waals surface area contributed by atoms with Crippen LogP contribution in [0.5, 0.6) is 5.75 Å². The normalized spacial score (nSPS) is 11.4. The Balaban J connectivity index is 2.04. The van der Waals surface area contributed by atoms with Crippen molar-refractivity contribution in [3.63, 3.8) is 0 Å². The molecule has 0 N–H and O–H groups in total. The number of aromatic nitrogens is 1. The van der Waals surface area contributed by atoms with Gasteiger partial charge in [0.25, 0.3) is 0 Å². The molecule has 3 rings (SSSR count). The lowest BCUT2D eigenvalue weighted by molar-refractivity contribution is 0.416. The van der Waals surface area contributed by atoms with Gasteiger partial charge in [0.15, 0.2) is 0 Å². The molecule has 1 aromatic heterocycles. The average molecular weight is 299 g/mol. The molecule has 0 spiro atoms. The van der Waals surface area contributed by atoms with E-state index in [1.54, 1.807) is 19.2 Å². The van der Waals surface area contributed by atoms with Gasteiger partial charge in [0.2, 0.25) is 0 Å². The fourth-order valence-corrected chi connectivity index (χ4v) is 2.55. The van der Waals surface area contributed by atoms with Gasteiger partial charge >= 0.3 is 0 Å². The fourth-order valence-electron chi connectivity index (χ4n) is 2.38. The van der Waals surface area contributed by atoms with E-state index in [2.05, 4.69) is 27.9 Å². The number of aryl methyl sites for hydroxylation is 1. The lowest BCUT2D eigenvalue weighted by Gasteiger charge is -2.03. The van der Waals surface area contributed by atoms with Crippen LogP contribution in [0.15, 0.2) is 53.7 Å². The Bertz CT molecular complexity index is 821. The maximum absolute atomic E-state index is 6.02. The Kier molecular flexibility index (Phi) is 3.67. The fraction of sp³-hybridized carbons (Fsp3) is 0.118. The molecule has 21 heavy (non-hydrogen) atoms. The summed E-state index contributed by atoms with van der Waals surface area (Å²) in [6, 6.07) is 13.6. The van der Waals surface area contributed by atoms with Gasteiger partial charge in [-0.3, -0.25) is 4.99 Å². The minimum Gasteiger partial charge on any atom is -0.494 e. The van der Waals surface area contributed by atoms with Crippen molar-refractivity contribution in [1.29, 1.82) is 0 Å². The first-order valence-electron chi connectivity index (χ1n) is 6.60. The summed E-state index contributed by atoms with van der Waals surface area (Å²) in [7, 11) is 3.65. The second kappa shape index (κ2) is 5.62. The number of benzene rings is 2. The number of ether oxygens (including phenoxy) is 1. The molecule has 0 saturated carbocycles. The van der Waals surface area contributed by atoms with E-state index in [1.807, 2.05) is 31.5 Å². The predicted octanol–water partition coefficient (Wildman–Crippen LogP) is 4.59. The summed E-state index contributed by atoms with van der Waals surface area (Å²) in [6.45, 7) is 0. The smallest absolute Gasteiger partial charge is 0.144 e. The van der Waals surface area contributed by atoms with Crippen molar-refractivity contribution in [3.05, 3.63) is 59.2 Å². The highest BCUT2D eigenvalue weighted by Gasteiger charge is 2.05. The van der Waals surface area contributed by atoms with Crippen LogP contribution in [-0.4, -0.2) is 17.9 Å². The largest absolute Gasteiger partial charge is 0.494 e. The number of methoxy groups -OCH3 is 1. The molecular weight excluding hydrogens is 284 g/mol. The van der Waals surface area contributed by atoms with Crippen LogP contribution >= 0.6 is 11.6 Å². The topological polar surface area (TPSA) is 26.5 Å². The van der Waals surface area contributed by atoms with Crippen LogP contribution in [0.1, 0.15) is 5.56 Å². The number of halogens is 1. The molecule has 3 nitrogen and oxygen atoms in total. The molecular formula is C17H15ClN2O. The number of hydrogen-bond acceptors (Lipinski definition) is 2. The molecule has 0 saturated heterocycles. The zero-order chi connectivity index (χ0) is 14.8. The van der Waals surface area contributed by atoms with Crippen molar-refractivity contribution in [2.45, 2.75) is 0 Å². The van der Waals surface area contributed by atoms with Crippen LogP contribution in [0, 0.1) is 0 Å². The maximum Gasteiger partial charge on any atom is 0.144 e. The summed E-state index contributed by atoms with van der Waals surface area (Å²) in [6.07, 6.45) is 3.90. The first kappa shape index (κ1) is 13.7. The standard InChI is InChI=1S/C17H15ClN2O/c1-20-11-12(14-5-3-4-6-16(14)20)10-19-15-9-13(18)7-8-17(15)21-2/h3-11H,1-2H3. The molecule has 0 unspecified atom stereocenters. The second-order valence-corrected chi connectivity index (χ2v) is 5.22. The zero-order valence-electron chi connectivity index (χ0n) is 11.9. The summed E-state index contributed by atoms with van der Waals surface area (Å²) < 4.78 is 7.39. The van der Waals surface area contributed by atoms with Crippen LogP contribution < -0.4 is 4.74 Å². The van der Waals surface area contributed by atoms with E-state index in [4.69, 9.17) is 16.3 Å². The van der Waals surface area contributed by atoms with Crippen LogP contribution in [0.2, 0.25) is 5.02 Å². The number of aliphatic imine (C=N–C) groups is 1. The lowest BCUT2D eigenvalue weighted by Crippen LogP contribution is -1.84. The van der Waals surface area contributed by atoms with Gasteiger partial charge in [-0.25, -0.2) is 0 Å². The Hall–Kier alpha value is -2.26. The third-order valence-electron chi connectivity index (χ3n) is 3.41. The highest BCUT2D eigenvalue weighted by molar-refractivity contribution is 6.30. The van der Waals surface area contributed by atoms with Gasteiger partial charge in [-0.05, 0) is 24.3 Å². The van der Waals surface area contributed by atoms with Crippen molar-refractivity contribution in [3.8, 4) is 5.75 Å². The van der Waals surface area contributed by atoms with Gasteiger partial charge in [0.05, 0.1) is 7.11 Å². The van der Waals surface area contributed by atoms with Crippen LogP contribution in [-0.2, 0) is 7.05 Å². The number of fused-ring (bicyclic) bond motifs is 1. The predicted molar refractivity (Wildman–Crippen MR) is 88.2 cm³/mol. The van der Waals surface area contributed by atoms with E-state index in [1.165, 1.54) is 10.9 Å². The van der Waals surface area contributed by atoms with Gasteiger partial charge in [0, 0.05) is 40.9 Å². The van der Waals surface area contributed by atoms with Crippen molar-refractivity contribution in [2.75, 3.05) is 7.11 Å². The van der Waals surface area contributed by atoms with Gasteiger partial charge in [-0.15, -0.1) is 0 Å². The summed E-state index contributed by atoms with van der Waals surface area (Å²) in [5.41, 5.74) is 2.96. The molecule has 0 atom stereocenters. The molecule has 4 heteroatoms. The summed E-state index contributed by atoms with van der Waals surface area (Å²) in [5.74, 6) is 0.705. The number of para-hydroxylation sites is 1. The zero-order valence-corrected chi connectivity index (χ0v) is 12.6. The molecule has 0 aliphatic heterocycles. The lowest BCUT2D eigenvalue weighted by atomic mass is 10.2. The first-order chi connectivity index (χ1) is 10.2. The van der Waals surface area contributed by atoms with E-state index in [0.29, 0.717) is 10.8 Å². The Morgan fingerprint density at radius 1 is 1.19 bits per heavy atom. The highest BCUT2D eigenvalue weighted by atomic mass is 35.5. The van der Waals surface area contributed by atoms with Crippen molar-refractivity contribution >= 4 is 34.4 Å². The molecule has 106 valence electrons. The van der Waals surface area contributed by atoms with E-state index < -0.39 is 0 Å². The van der Waals surface area contributed by atoms with Crippen LogP contribution in [0.4, 0.5) is 5.69 Å². The molecule has 0 bridgehead atoms. The highest BCUT2D eigenvalue weighted by Crippen LogP contribution is 2.30. The molecule has 3 aromatic rings. The summed E-state index contributed by atoms with van der Waals surface area (Å²) in [5, 5.41) is 1.81. The first-order valence-corrected chi connectivity index (χ1v) is 6.98. The second-order valence-electron chi connectivity index (χ2n) is 4.79. The summed E-state index contributed by atoms with van der Waals surface area (Å²) >= 11 is 6.02. The number of hydrogen-bond donors (Lipinski definition) is 0. The maximum atomic E-state index is 6.02. The SMILES string of the molecule is COc1ccc(Cl)cc1N=Cc1cn(C)c2ccccc12. The third-order valence-corrected chi connectivity index (χ3v) is 3.65. The third kappa shape index (κ3) is 2.65. The molecule has 0 amide bonds. The molecule has 0 aliphatic rings. The van der Waals surface area contributed by atoms with E-state index in [9.17, 15) is 0 Å². The Morgan fingerprint density at radius 2 is 2.00 bits per heavy atom. The monoisotopic (exact) mass is 298 g/mol. The van der Waals surface area contributed by atoms with Crippen molar-refractivity contribution in [2.24, 2.45) is 12.0 Å². The minimum atomic E-state index is 0.640. The quantitative estimate of drug-likeness (QED) is 0.650. The molecule has 1 heterocycles. The van der Waals surface area contributed by atoms with Gasteiger partial charge < -0.3 is 9.30 Å². The van der Waals surface area contributed by atoms with Gasteiger partial charge in [-0.2, -0.15) is 0 Å². The van der Waals surface area contributed by atoms with Crippen LogP contribution in [0.25, 0.3) is 10.9 Å². The molecule has 0 radical (unpaired) electrons. The Labute approximate surface area is 128 Å². The minimum absolute atomic E-state index is 0.640. The summed E-state index contributed by atoms with van der Waals surface area (Å²) in [4.78, 5) is 4.52. The van der Waals surface area contributed by atoms with Crippen molar-refractivity contribution < 1.29 is 4.74 Å². The molecule has 0 fully saturated rings. The van der Waals surface area contributed by atoms with Crippen LogP contribution in [0.3, 0.4) is 0 Å². The van der Waals surface area contributed by atoms with E-state index in [0.717, 1.165) is 11.3 Å². The van der Waals surface area contributed by atoms with Crippen molar-refractivity contribution in [1.82, 2.24) is 4.57 Å². The van der Waals surface area contributed by atoms with E-state index in [-0.39, 0.29) is 0 Å². The molecule has 2 aromatic carbocycles. The Morgan fingerprint density at radius 3 is 2.81 bits per heavy atom.